The van der Waals surface area contributed by atoms with Crippen LogP contribution >= 0.6 is 23.1 Å². The standard InChI is InChI=1S/C10H18N4O3S2/c1-16-5-3-14(4-6-17-2)8(15)7-18-10-13-12-9(11)19-10/h3-7H2,1-2H3,(H2,11,12). The third kappa shape index (κ3) is 6.19. The Morgan fingerprint density at radius 1 is 1.32 bits per heavy atom. The van der Waals surface area contributed by atoms with Crippen molar-refractivity contribution in [3.05, 3.63) is 0 Å². The van der Waals surface area contributed by atoms with Gasteiger partial charge in [-0.3, -0.25) is 4.79 Å². The molecule has 1 aromatic heterocycles. The van der Waals surface area contributed by atoms with Crippen molar-refractivity contribution in [2.45, 2.75) is 4.34 Å². The number of amides is 1. The third-order valence-corrected chi connectivity index (χ3v) is 4.10. The number of carbonyl (C=O) groups excluding carboxylic acids is 1. The molecule has 108 valence electrons. The van der Waals surface area contributed by atoms with Crippen LogP contribution in [0.2, 0.25) is 0 Å². The smallest absolute Gasteiger partial charge is 0.233 e. The van der Waals surface area contributed by atoms with E-state index in [2.05, 4.69) is 10.2 Å². The molecule has 0 spiro atoms. The van der Waals surface area contributed by atoms with E-state index in [-0.39, 0.29) is 5.91 Å². The molecule has 7 nitrogen and oxygen atoms in total. The SMILES string of the molecule is COCCN(CCOC)C(=O)CSc1nnc(N)s1. The second kappa shape index (κ2) is 9.08. The molecule has 0 saturated heterocycles. The van der Waals surface area contributed by atoms with E-state index in [0.717, 1.165) is 0 Å². The minimum atomic E-state index is 0.0212. The summed E-state index contributed by atoms with van der Waals surface area (Å²) in [5, 5.41) is 7.96. The maximum Gasteiger partial charge on any atom is 0.233 e. The molecule has 0 unspecified atom stereocenters. The van der Waals surface area contributed by atoms with Crippen LogP contribution in [0, 0.1) is 0 Å². The molecule has 0 aromatic carbocycles. The molecule has 0 aliphatic heterocycles. The largest absolute Gasteiger partial charge is 0.383 e. The van der Waals surface area contributed by atoms with E-state index in [1.54, 1.807) is 19.1 Å². The van der Waals surface area contributed by atoms with Crippen LogP contribution in [-0.4, -0.2) is 67.3 Å². The third-order valence-electron chi connectivity index (χ3n) is 2.22. The molecule has 1 amide bonds. The number of thioether (sulfide) groups is 1. The maximum atomic E-state index is 12.1. The summed E-state index contributed by atoms with van der Waals surface area (Å²) in [6.45, 7) is 2.12. The Hall–Kier alpha value is -0.900. The number of methoxy groups -OCH3 is 2. The van der Waals surface area contributed by atoms with E-state index in [1.807, 2.05) is 0 Å². The van der Waals surface area contributed by atoms with Gasteiger partial charge >= 0.3 is 0 Å². The molecule has 9 heteroatoms. The van der Waals surface area contributed by atoms with Crippen LogP contribution in [0.25, 0.3) is 0 Å². The number of rotatable bonds is 9. The first kappa shape index (κ1) is 16.2. The molecule has 19 heavy (non-hydrogen) atoms. The van der Waals surface area contributed by atoms with Gasteiger partial charge in [-0.2, -0.15) is 0 Å². The molecule has 1 aromatic rings. The van der Waals surface area contributed by atoms with Gasteiger partial charge in [0.25, 0.3) is 0 Å². The predicted octanol–water partition coefficient (Wildman–Crippen LogP) is 0.334. The average Bonchev–Trinajstić information content (AvgIpc) is 2.82. The summed E-state index contributed by atoms with van der Waals surface area (Å²) in [6, 6.07) is 0. The van der Waals surface area contributed by atoms with E-state index < -0.39 is 0 Å². The fourth-order valence-electron chi connectivity index (χ4n) is 1.26. The highest BCUT2D eigenvalue weighted by Gasteiger charge is 2.14. The molecule has 0 aliphatic carbocycles. The predicted molar refractivity (Wildman–Crippen MR) is 75.4 cm³/mol. The number of nitrogens with two attached hydrogens (primary N) is 1. The highest BCUT2D eigenvalue weighted by Crippen LogP contribution is 2.23. The van der Waals surface area contributed by atoms with E-state index in [9.17, 15) is 4.79 Å². The molecule has 1 rings (SSSR count). The highest BCUT2D eigenvalue weighted by molar-refractivity contribution is 8.01. The zero-order valence-electron chi connectivity index (χ0n) is 11.0. The Bertz CT molecular complexity index is 381. The number of nitrogen functional groups attached to an aromatic ring is 1. The average molecular weight is 306 g/mol. The van der Waals surface area contributed by atoms with Crippen molar-refractivity contribution < 1.29 is 14.3 Å². The Kier molecular flexibility index (Phi) is 7.72. The normalized spacial score (nSPS) is 10.6. The topological polar surface area (TPSA) is 90.6 Å². The molecular formula is C10H18N4O3S2. The number of ether oxygens (including phenoxy) is 2. The number of hydrogen-bond donors (Lipinski definition) is 1. The van der Waals surface area contributed by atoms with Gasteiger partial charge in [-0.15, -0.1) is 10.2 Å². The van der Waals surface area contributed by atoms with Gasteiger partial charge in [-0.05, 0) is 0 Å². The van der Waals surface area contributed by atoms with E-state index in [4.69, 9.17) is 15.2 Å². The van der Waals surface area contributed by atoms with Crippen LogP contribution in [0.4, 0.5) is 5.13 Å². The van der Waals surface area contributed by atoms with Crippen molar-refractivity contribution in [1.82, 2.24) is 15.1 Å². The lowest BCUT2D eigenvalue weighted by Crippen LogP contribution is -2.37. The molecule has 0 bridgehead atoms. The van der Waals surface area contributed by atoms with Crippen molar-refractivity contribution in [1.29, 1.82) is 0 Å². The summed E-state index contributed by atoms with van der Waals surface area (Å²) in [5.41, 5.74) is 5.48. The molecular weight excluding hydrogens is 288 g/mol. The van der Waals surface area contributed by atoms with Crippen molar-refractivity contribution in [3.63, 3.8) is 0 Å². The van der Waals surface area contributed by atoms with E-state index in [0.29, 0.717) is 41.5 Å². The lowest BCUT2D eigenvalue weighted by molar-refractivity contribution is -0.129. The number of carbonyl (C=O) groups is 1. The molecule has 0 radical (unpaired) electrons. The van der Waals surface area contributed by atoms with Gasteiger partial charge in [-0.1, -0.05) is 23.1 Å². The summed E-state index contributed by atoms with van der Waals surface area (Å²) in [7, 11) is 3.22. The van der Waals surface area contributed by atoms with Crippen LogP contribution in [0.5, 0.6) is 0 Å². The summed E-state index contributed by atoms with van der Waals surface area (Å²) in [4.78, 5) is 13.8. The van der Waals surface area contributed by atoms with Crippen LogP contribution in [0.15, 0.2) is 4.34 Å². The maximum absolute atomic E-state index is 12.1. The van der Waals surface area contributed by atoms with Gasteiger partial charge in [0.15, 0.2) is 4.34 Å². The number of aromatic nitrogens is 2. The van der Waals surface area contributed by atoms with E-state index >= 15 is 0 Å². The fraction of sp³-hybridized carbons (Fsp3) is 0.700. The van der Waals surface area contributed by atoms with Crippen LogP contribution in [-0.2, 0) is 14.3 Å². The van der Waals surface area contributed by atoms with E-state index in [1.165, 1.54) is 23.1 Å². The van der Waals surface area contributed by atoms with Crippen molar-refractivity contribution in [2.24, 2.45) is 0 Å². The van der Waals surface area contributed by atoms with Gasteiger partial charge in [0.05, 0.1) is 19.0 Å². The van der Waals surface area contributed by atoms with Crippen LogP contribution in [0.1, 0.15) is 0 Å². The monoisotopic (exact) mass is 306 g/mol. The van der Waals surface area contributed by atoms with Crippen LogP contribution < -0.4 is 5.73 Å². The Morgan fingerprint density at radius 3 is 2.42 bits per heavy atom. The summed E-state index contributed by atoms with van der Waals surface area (Å²) >= 11 is 2.61. The number of nitrogens with zero attached hydrogens (tertiary/aromatic N) is 3. The number of hydrogen-bond acceptors (Lipinski definition) is 8. The first-order valence-electron chi connectivity index (χ1n) is 5.64. The highest BCUT2D eigenvalue weighted by atomic mass is 32.2. The van der Waals surface area contributed by atoms with Gasteiger partial charge in [0, 0.05) is 27.3 Å². The minimum Gasteiger partial charge on any atom is -0.383 e. The van der Waals surface area contributed by atoms with Gasteiger partial charge < -0.3 is 20.1 Å². The van der Waals surface area contributed by atoms with Gasteiger partial charge in [0.1, 0.15) is 0 Å². The molecule has 0 atom stereocenters. The first-order chi connectivity index (χ1) is 9.17. The number of anilines is 1. The Labute approximate surface area is 120 Å². The fourth-order valence-corrected chi connectivity index (χ4v) is 2.80. The summed E-state index contributed by atoms with van der Waals surface area (Å²) < 4.78 is 10.7. The zero-order valence-corrected chi connectivity index (χ0v) is 12.6. The molecule has 0 saturated carbocycles. The summed E-state index contributed by atoms with van der Waals surface area (Å²) in [6.07, 6.45) is 0. The lowest BCUT2D eigenvalue weighted by Gasteiger charge is -2.21. The Morgan fingerprint density at radius 2 is 1.95 bits per heavy atom. The van der Waals surface area contributed by atoms with Crippen molar-refractivity contribution >= 4 is 34.1 Å². The minimum absolute atomic E-state index is 0.0212. The Balaban J connectivity index is 2.41. The first-order valence-corrected chi connectivity index (χ1v) is 7.45. The molecule has 2 N–H and O–H groups in total. The second-order valence-corrected chi connectivity index (χ2v) is 5.79. The second-order valence-electron chi connectivity index (χ2n) is 3.56. The summed E-state index contributed by atoms with van der Waals surface area (Å²) in [5.74, 6) is 0.329. The zero-order chi connectivity index (χ0) is 14.1. The van der Waals surface area contributed by atoms with Gasteiger partial charge in [-0.25, -0.2) is 0 Å². The molecule has 0 aliphatic rings. The quantitative estimate of drug-likeness (QED) is 0.658. The lowest BCUT2D eigenvalue weighted by atomic mass is 10.4. The molecule has 1 heterocycles. The van der Waals surface area contributed by atoms with Crippen molar-refractivity contribution in [2.75, 3.05) is 52.0 Å². The van der Waals surface area contributed by atoms with Gasteiger partial charge in [0.2, 0.25) is 11.0 Å². The van der Waals surface area contributed by atoms with Crippen molar-refractivity contribution in [3.8, 4) is 0 Å². The van der Waals surface area contributed by atoms with Crippen LogP contribution in [0.3, 0.4) is 0 Å². The molecule has 0 fully saturated rings.